The normalized spacial score (nSPS) is 13.0. The molecule has 1 heterocycles. The van der Waals surface area contributed by atoms with Gasteiger partial charge in [0.05, 0.1) is 0 Å². The van der Waals surface area contributed by atoms with E-state index in [9.17, 15) is 0 Å². The van der Waals surface area contributed by atoms with Crippen molar-refractivity contribution in [3.05, 3.63) is 241 Å². The Morgan fingerprint density at radius 2 is 0.951 bits per heavy atom. The third-order valence-corrected chi connectivity index (χ3v) is 13.6. The van der Waals surface area contributed by atoms with Gasteiger partial charge in [0.15, 0.2) is 0 Å². The van der Waals surface area contributed by atoms with Crippen LogP contribution in [0.25, 0.3) is 70.3 Å². The third-order valence-electron chi connectivity index (χ3n) is 12.4. The van der Waals surface area contributed by atoms with E-state index in [-0.39, 0.29) is 5.92 Å². The van der Waals surface area contributed by atoms with Gasteiger partial charge in [-0.1, -0.05) is 175 Å². The van der Waals surface area contributed by atoms with Crippen LogP contribution in [0.3, 0.4) is 0 Å². The Morgan fingerprint density at radius 1 is 0.426 bits per heavy atom. The highest BCUT2D eigenvalue weighted by atomic mass is 32.1. The molecule has 11 rings (SSSR count). The molecule has 1 aliphatic rings. The van der Waals surface area contributed by atoms with Gasteiger partial charge in [0.25, 0.3) is 0 Å². The smallest absolute Gasteiger partial charge is 0.0462 e. The molecular weight excluding hydrogens is 755 g/mol. The van der Waals surface area contributed by atoms with Gasteiger partial charge in [-0.2, -0.15) is 0 Å². The van der Waals surface area contributed by atoms with E-state index in [2.05, 4.69) is 225 Å². The predicted octanol–water partition coefficient (Wildman–Crippen LogP) is 17.0. The molecule has 0 fully saturated rings. The minimum Gasteiger partial charge on any atom is -0.311 e. The second-order valence-corrected chi connectivity index (χ2v) is 17.4. The molecule has 0 amide bonds. The zero-order valence-electron chi connectivity index (χ0n) is 34.3. The van der Waals surface area contributed by atoms with Crippen LogP contribution < -0.4 is 4.90 Å². The molecule has 0 aliphatic heterocycles. The molecule has 0 radical (unpaired) electrons. The Labute approximate surface area is 362 Å². The van der Waals surface area contributed by atoms with Crippen LogP contribution in [0, 0.1) is 13.8 Å². The van der Waals surface area contributed by atoms with Crippen LogP contribution in [0.2, 0.25) is 0 Å². The van der Waals surface area contributed by atoms with Crippen LogP contribution >= 0.6 is 11.3 Å². The van der Waals surface area contributed by atoms with Gasteiger partial charge in [-0.05, 0) is 129 Å². The SMILES string of the molecule is C=C(c1cc(C)cc(C)c1)C1c2ccccc2-c2cc(-c3ccc(N(c4ccc(-c5ccccc5)cc4)c4ccc(-c5cccc6c5sc5ccccc56)cc4)cc3)ccc21. The van der Waals surface area contributed by atoms with Gasteiger partial charge in [0, 0.05) is 43.2 Å². The van der Waals surface area contributed by atoms with Gasteiger partial charge in [-0.25, -0.2) is 0 Å². The molecule has 1 aromatic heterocycles. The number of thiophene rings is 1. The lowest BCUT2D eigenvalue weighted by molar-refractivity contribution is 1.09. The van der Waals surface area contributed by atoms with Gasteiger partial charge in [-0.15, -0.1) is 11.3 Å². The lowest BCUT2D eigenvalue weighted by Crippen LogP contribution is -2.09. The fraction of sp³-hybridized carbons (Fsp3) is 0.0508. The molecule has 0 bridgehead atoms. The van der Waals surface area contributed by atoms with Crippen molar-refractivity contribution in [1.29, 1.82) is 0 Å². The first-order chi connectivity index (χ1) is 30.0. The molecule has 0 saturated carbocycles. The Morgan fingerprint density at radius 3 is 1.66 bits per heavy atom. The summed E-state index contributed by atoms with van der Waals surface area (Å²) in [5.41, 5.74) is 20.7. The maximum absolute atomic E-state index is 4.70. The molecule has 0 spiro atoms. The predicted molar refractivity (Wildman–Crippen MR) is 263 cm³/mol. The molecule has 0 N–H and O–H groups in total. The summed E-state index contributed by atoms with van der Waals surface area (Å²) in [4.78, 5) is 2.37. The summed E-state index contributed by atoms with van der Waals surface area (Å²) in [5, 5.41) is 2.64. The number of benzene rings is 9. The van der Waals surface area contributed by atoms with Crippen LogP contribution in [0.4, 0.5) is 17.1 Å². The second-order valence-electron chi connectivity index (χ2n) is 16.3. The maximum atomic E-state index is 4.70. The van der Waals surface area contributed by atoms with Crippen molar-refractivity contribution in [1.82, 2.24) is 0 Å². The van der Waals surface area contributed by atoms with Gasteiger partial charge in [0.2, 0.25) is 0 Å². The van der Waals surface area contributed by atoms with E-state index < -0.39 is 0 Å². The van der Waals surface area contributed by atoms with E-state index in [0.717, 1.165) is 22.6 Å². The number of hydrogen-bond donors (Lipinski definition) is 0. The Bertz CT molecular complexity index is 3240. The summed E-state index contributed by atoms with van der Waals surface area (Å²) in [5.74, 6) is 0.120. The average molecular weight is 798 g/mol. The first-order valence-electron chi connectivity index (χ1n) is 21.0. The van der Waals surface area contributed by atoms with Crippen molar-refractivity contribution in [2.24, 2.45) is 0 Å². The quantitative estimate of drug-likeness (QED) is 0.148. The molecule has 1 atom stereocenters. The highest BCUT2D eigenvalue weighted by molar-refractivity contribution is 7.26. The fourth-order valence-electron chi connectivity index (χ4n) is 9.53. The molecule has 1 nitrogen and oxygen atoms in total. The van der Waals surface area contributed by atoms with Gasteiger partial charge in [-0.3, -0.25) is 0 Å². The number of rotatable bonds is 8. The summed E-state index contributed by atoms with van der Waals surface area (Å²) in [6, 6.07) is 75.7. The highest BCUT2D eigenvalue weighted by Crippen LogP contribution is 2.51. The van der Waals surface area contributed by atoms with Crippen LogP contribution in [0.15, 0.2) is 213 Å². The zero-order valence-corrected chi connectivity index (χ0v) is 35.1. The number of nitrogens with zero attached hydrogens (tertiary/aromatic N) is 1. The van der Waals surface area contributed by atoms with Crippen LogP contribution in [-0.2, 0) is 0 Å². The van der Waals surface area contributed by atoms with Crippen LogP contribution in [0.1, 0.15) is 33.7 Å². The molecular formula is C59H43NS. The number of fused-ring (bicyclic) bond motifs is 6. The van der Waals surface area contributed by atoms with Gasteiger partial charge < -0.3 is 4.90 Å². The number of allylic oxidation sites excluding steroid dienone is 1. The van der Waals surface area contributed by atoms with E-state index in [1.54, 1.807) is 0 Å². The average Bonchev–Trinajstić information content (AvgIpc) is 3.85. The molecule has 2 heteroatoms. The van der Waals surface area contributed by atoms with Crippen molar-refractivity contribution in [3.8, 4) is 44.5 Å². The summed E-state index contributed by atoms with van der Waals surface area (Å²) in [7, 11) is 0. The van der Waals surface area contributed by atoms with Crippen molar-refractivity contribution in [2.75, 3.05) is 4.90 Å². The van der Waals surface area contributed by atoms with Crippen molar-refractivity contribution in [2.45, 2.75) is 19.8 Å². The first-order valence-corrected chi connectivity index (χ1v) is 21.9. The monoisotopic (exact) mass is 797 g/mol. The van der Waals surface area contributed by atoms with Gasteiger partial charge >= 0.3 is 0 Å². The molecule has 1 aliphatic carbocycles. The third kappa shape index (κ3) is 6.57. The minimum atomic E-state index is 0.120. The standard InChI is InChI=1S/C59H43NS/c1-38-34-39(2)36-46(35-38)40(3)58-53-16-8-7-14-51(53)56-37-45(26-33-54(56)58)43-22-29-48(30-23-43)60(47-27-20-42(21-28-47)41-12-5-4-6-13-41)49-31-24-44(25-32-49)50-17-11-18-55-52-15-9-10-19-57(52)61-59(50)55/h4-37,58H,3H2,1-2H3. The Kier molecular flexibility index (Phi) is 9.10. The topological polar surface area (TPSA) is 3.24 Å². The highest BCUT2D eigenvalue weighted by Gasteiger charge is 2.31. The Balaban J connectivity index is 0.953. The van der Waals surface area contributed by atoms with Crippen molar-refractivity contribution in [3.63, 3.8) is 0 Å². The van der Waals surface area contributed by atoms with Crippen molar-refractivity contribution < 1.29 is 0 Å². The molecule has 10 aromatic rings. The van der Waals surface area contributed by atoms with E-state index >= 15 is 0 Å². The molecule has 0 saturated heterocycles. The summed E-state index contributed by atoms with van der Waals surface area (Å²) in [6.45, 7) is 9.04. The summed E-state index contributed by atoms with van der Waals surface area (Å²) >= 11 is 1.88. The fourth-order valence-corrected chi connectivity index (χ4v) is 10.8. The van der Waals surface area contributed by atoms with Crippen LogP contribution in [0.5, 0.6) is 0 Å². The minimum absolute atomic E-state index is 0.120. The number of hydrogen-bond acceptors (Lipinski definition) is 2. The lowest BCUT2D eigenvalue weighted by atomic mass is 9.85. The summed E-state index contributed by atoms with van der Waals surface area (Å²) in [6.07, 6.45) is 0. The maximum Gasteiger partial charge on any atom is 0.0462 e. The summed E-state index contributed by atoms with van der Waals surface area (Å²) < 4.78 is 2.65. The molecule has 9 aromatic carbocycles. The van der Waals surface area contributed by atoms with E-state index in [1.807, 2.05) is 11.3 Å². The lowest BCUT2D eigenvalue weighted by Gasteiger charge is -2.26. The molecule has 1 unspecified atom stereocenters. The second kappa shape index (κ2) is 15.1. The van der Waals surface area contributed by atoms with E-state index in [0.29, 0.717) is 0 Å². The van der Waals surface area contributed by atoms with Crippen LogP contribution in [-0.4, -0.2) is 0 Å². The largest absolute Gasteiger partial charge is 0.311 e. The number of aryl methyl sites for hydroxylation is 2. The van der Waals surface area contributed by atoms with Crippen molar-refractivity contribution >= 4 is 54.1 Å². The zero-order chi connectivity index (χ0) is 41.0. The molecule has 61 heavy (non-hydrogen) atoms. The van der Waals surface area contributed by atoms with E-state index in [4.69, 9.17) is 6.58 Å². The first kappa shape index (κ1) is 36.8. The molecule has 290 valence electrons. The number of anilines is 3. The van der Waals surface area contributed by atoms with Gasteiger partial charge in [0.1, 0.15) is 0 Å². The Hall–Kier alpha value is -7.26. The van der Waals surface area contributed by atoms with E-state index in [1.165, 1.54) is 92.5 Å².